The second kappa shape index (κ2) is 15.9. The number of Topliss-reactive ketones (excluding diaryl/α,β-unsaturated/α-hetero) is 1. The first kappa shape index (κ1) is 38.8. The zero-order chi connectivity index (χ0) is 35.3. The standard InChI is InChI=1S/C27H41N3O15S/c1-11(7-19(36)12(2)31)25(39)29-22(14(4)33)27(41)30-10-16(34)9-17(30)26(40)28-21(13(3)32)24(38)23(37)15-5-6-18(35)20(8-15)45-46(42,43)44/h5-6,8,11-12,14,16-17,19,21-24,31,33-38H,7,9-10H2,1-4H3,(H,28,40)(H,29,39)(H,42,43,44)/t11-,12-,14+,16+,17-,19+,21+,22-,23-,24-/m0/s1. The Labute approximate surface area is 264 Å². The molecule has 19 heteroatoms. The molecule has 0 spiro atoms. The minimum Gasteiger partial charge on any atom is -0.504 e. The van der Waals surface area contributed by atoms with Crippen LogP contribution in [0.1, 0.15) is 52.2 Å². The highest BCUT2D eigenvalue weighted by Crippen LogP contribution is 2.32. The van der Waals surface area contributed by atoms with E-state index in [2.05, 4.69) is 14.8 Å². The molecule has 1 fully saturated rings. The minimum atomic E-state index is -5.09. The predicted octanol–water partition coefficient (Wildman–Crippen LogP) is -3.36. The van der Waals surface area contributed by atoms with Crippen molar-refractivity contribution in [1.82, 2.24) is 15.5 Å². The Bertz CT molecular complexity index is 1370. The minimum absolute atomic E-state index is 0.169. The number of carbonyl (C=O) groups excluding carboxylic acids is 4. The summed E-state index contributed by atoms with van der Waals surface area (Å²) in [6.45, 7) is 4.49. The van der Waals surface area contributed by atoms with Crippen LogP contribution in [0.2, 0.25) is 0 Å². The molecule has 1 aromatic rings. The molecule has 2 rings (SSSR count). The van der Waals surface area contributed by atoms with Crippen LogP contribution in [0.4, 0.5) is 0 Å². The van der Waals surface area contributed by atoms with Crippen molar-refractivity contribution in [3.8, 4) is 11.5 Å². The van der Waals surface area contributed by atoms with E-state index >= 15 is 0 Å². The molecule has 1 saturated heterocycles. The average Bonchev–Trinajstić information content (AvgIpc) is 3.34. The van der Waals surface area contributed by atoms with Crippen LogP contribution < -0.4 is 14.8 Å². The Morgan fingerprint density at radius 3 is 2.13 bits per heavy atom. The third-order valence-electron chi connectivity index (χ3n) is 7.43. The van der Waals surface area contributed by atoms with Crippen molar-refractivity contribution in [3.05, 3.63) is 23.8 Å². The lowest BCUT2D eigenvalue weighted by atomic mass is 9.95. The van der Waals surface area contributed by atoms with E-state index in [1.54, 1.807) is 0 Å². The first-order chi connectivity index (χ1) is 21.1. The molecule has 1 heterocycles. The summed E-state index contributed by atoms with van der Waals surface area (Å²) < 4.78 is 35.2. The molecule has 0 bridgehead atoms. The van der Waals surface area contributed by atoms with Gasteiger partial charge in [-0.1, -0.05) is 13.0 Å². The van der Waals surface area contributed by atoms with Gasteiger partial charge in [0.15, 0.2) is 17.3 Å². The molecule has 0 aliphatic carbocycles. The Morgan fingerprint density at radius 2 is 1.61 bits per heavy atom. The first-order valence-electron chi connectivity index (χ1n) is 14.1. The highest BCUT2D eigenvalue weighted by atomic mass is 32.3. The Hall–Kier alpha value is -3.43. The van der Waals surface area contributed by atoms with Gasteiger partial charge in [0.2, 0.25) is 17.7 Å². The summed E-state index contributed by atoms with van der Waals surface area (Å²) in [4.78, 5) is 52.9. The number of aliphatic hydroxyl groups excluding tert-OH is 6. The van der Waals surface area contributed by atoms with Gasteiger partial charge in [0.25, 0.3) is 0 Å². The number of likely N-dealkylation sites (tertiary alicyclic amines) is 1. The Morgan fingerprint density at radius 1 is 1.00 bits per heavy atom. The number of rotatable bonds is 15. The van der Waals surface area contributed by atoms with Crippen molar-refractivity contribution in [3.63, 3.8) is 0 Å². The lowest BCUT2D eigenvalue weighted by molar-refractivity contribution is -0.145. The third-order valence-corrected chi connectivity index (χ3v) is 7.82. The van der Waals surface area contributed by atoms with Crippen LogP contribution in [0.5, 0.6) is 11.5 Å². The van der Waals surface area contributed by atoms with Gasteiger partial charge in [-0.2, -0.15) is 8.42 Å². The molecule has 0 unspecified atom stereocenters. The fraction of sp³-hybridized carbons (Fsp3) is 0.630. The summed E-state index contributed by atoms with van der Waals surface area (Å²) in [6.07, 6.45) is -9.72. The van der Waals surface area contributed by atoms with E-state index in [0.29, 0.717) is 0 Å². The highest BCUT2D eigenvalue weighted by Gasteiger charge is 2.44. The van der Waals surface area contributed by atoms with E-state index in [0.717, 1.165) is 30.0 Å². The summed E-state index contributed by atoms with van der Waals surface area (Å²) in [5, 5.41) is 75.9. The largest absolute Gasteiger partial charge is 0.504 e. The van der Waals surface area contributed by atoms with Gasteiger partial charge in [0.1, 0.15) is 30.3 Å². The number of β-amino-alcohol motifs (C(OH)–C–C–N with tert-alkyl or cyclic N) is 1. The van der Waals surface area contributed by atoms with Crippen LogP contribution in [0, 0.1) is 5.92 Å². The third kappa shape index (κ3) is 10.3. The van der Waals surface area contributed by atoms with Gasteiger partial charge in [-0.15, -0.1) is 0 Å². The van der Waals surface area contributed by atoms with Gasteiger partial charge in [-0.3, -0.25) is 23.7 Å². The lowest BCUT2D eigenvalue weighted by Gasteiger charge is -2.32. The van der Waals surface area contributed by atoms with Gasteiger partial charge in [-0.05, 0) is 44.9 Å². The number of carbonyl (C=O) groups is 4. The SMILES string of the molecule is CC(=O)[C@@H](NC(=O)[C@@H]1C[C@@H](O)CN1C(=O)[C@@H](NC(=O)[C@@H](C)C[C@@H](O)[C@H](C)O)[C@@H](C)O)[C@H](O)[C@@H](O)c1ccc(O)c(OS(=O)(=O)O)c1. The van der Waals surface area contributed by atoms with Gasteiger partial charge in [-0.25, -0.2) is 0 Å². The molecule has 10 atom stereocenters. The van der Waals surface area contributed by atoms with E-state index in [4.69, 9.17) is 4.55 Å². The number of aliphatic hydroxyl groups is 6. The van der Waals surface area contributed by atoms with E-state index in [-0.39, 0.29) is 18.4 Å². The second-order valence-corrected chi connectivity index (χ2v) is 12.4. The molecule has 0 saturated carbocycles. The van der Waals surface area contributed by atoms with Gasteiger partial charge in [0.05, 0.1) is 24.4 Å². The highest BCUT2D eigenvalue weighted by molar-refractivity contribution is 7.81. The fourth-order valence-electron chi connectivity index (χ4n) is 4.79. The van der Waals surface area contributed by atoms with E-state index in [1.807, 2.05) is 0 Å². The number of hydrogen-bond acceptors (Lipinski definition) is 14. The number of amides is 3. The van der Waals surface area contributed by atoms with Crippen molar-refractivity contribution in [2.24, 2.45) is 5.92 Å². The molecule has 1 aromatic carbocycles. The number of ketones is 1. The number of nitrogens with zero attached hydrogens (tertiary/aromatic N) is 1. The maximum atomic E-state index is 13.5. The van der Waals surface area contributed by atoms with Crippen molar-refractivity contribution in [2.75, 3.05) is 6.54 Å². The molecule has 0 radical (unpaired) electrons. The number of aromatic hydroxyl groups is 1. The maximum Gasteiger partial charge on any atom is 0.446 e. The summed E-state index contributed by atoms with van der Waals surface area (Å²) in [7, 11) is -5.09. The van der Waals surface area contributed by atoms with E-state index in [9.17, 15) is 63.3 Å². The smallest absolute Gasteiger partial charge is 0.446 e. The summed E-state index contributed by atoms with van der Waals surface area (Å²) >= 11 is 0. The molecule has 18 nitrogen and oxygen atoms in total. The topological polar surface area (TPSA) is 301 Å². The molecular weight excluding hydrogens is 638 g/mol. The molecule has 260 valence electrons. The summed E-state index contributed by atoms with van der Waals surface area (Å²) in [6, 6.07) is -2.26. The van der Waals surface area contributed by atoms with Crippen LogP contribution in [0.25, 0.3) is 0 Å². The number of phenolic OH excluding ortho intramolecular Hbond substituents is 1. The molecule has 1 aliphatic rings. The normalized spacial score (nSPS) is 22.0. The van der Waals surface area contributed by atoms with Crippen LogP contribution in [0.15, 0.2) is 18.2 Å². The predicted molar refractivity (Wildman–Crippen MR) is 155 cm³/mol. The van der Waals surface area contributed by atoms with Crippen molar-refractivity contribution in [2.45, 2.75) is 95.3 Å². The summed E-state index contributed by atoms with van der Waals surface area (Å²) in [5.41, 5.74) is -0.303. The maximum absolute atomic E-state index is 13.5. The number of phenols is 1. The lowest BCUT2D eigenvalue weighted by Crippen LogP contribution is -2.59. The average molecular weight is 680 g/mol. The number of hydrogen-bond donors (Lipinski definition) is 10. The quantitative estimate of drug-likeness (QED) is 0.0810. The molecule has 1 aliphatic heterocycles. The first-order valence-corrected chi connectivity index (χ1v) is 15.5. The van der Waals surface area contributed by atoms with E-state index in [1.165, 1.54) is 20.8 Å². The molecular formula is C27H41N3O15S. The molecule has 10 N–H and O–H groups in total. The van der Waals surface area contributed by atoms with E-state index < -0.39 is 113 Å². The van der Waals surface area contributed by atoms with Crippen molar-refractivity contribution >= 4 is 33.9 Å². The van der Waals surface area contributed by atoms with Crippen LogP contribution in [-0.4, -0.2) is 132 Å². The van der Waals surface area contributed by atoms with Crippen LogP contribution in [-0.2, 0) is 29.6 Å². The zero-order valence-corrected chi connectivity index (χ0v) is 26.2. The van der Waals surface area contributed by atoms with Gasteiger partial charge < -0.3 is 55.5 Å². The van der Waals surface area contributed by atoms with Gasteiger partial charge >= 0.3 is 10.4 Å². The number of nitrogens with one attached hydrogen (secondary N) is 2. The fourth-order valence-corrected chi connectivity index (χ4v) is 5.15. The molecule has 46 heavy (non-hydrogen) atoms. The van der Waals surface area contributed by atoms with Crippen LogP contribution >= 0.6 is 0 Å². The monoisotopic (exact) mass is 679 g/mol. The second-order valence-electron chi connectivity index (χ2n) is 11.3. The summed E-state index contributed by atoms with van der Waals surface area (Å²) in [5.74, 6) is -6.14. The zero-order valence-electron chi connectivity index (χ0n) is 25.4. The van der Waals surface area contributed by atoms with Crippen molar-refractivity contribution in [1.29, 1.82) is 0 Å². The molecule has 0 aromatic heterocycles. The van der Waals surface area contributed by atoms with Crippen LogP contribution in [0.3, 0.4) is 0 Å². The van der Waals surface area contributed by atoms with Crippen molar-refractivity contribution < 1.29 is 72.1 Å². The molecule has 3 amide bonds. The Balaban J connectivity index is 2.25. The number of benzene rings is 1. The Kier molecular flexibility index (Phi) is 13.4. The van der Waals surface area contributed by atoms with Gasteiger partial charge in [0, 0.05) is 18.9 Å².